The first kappa shape index (κ1) is 11.9. The molecule has 1 N–H and O–H groups in total. The van der Waals surface area contributed by atoms with Gasteiger partial charge in [-0.2, -0.15) is 0 Å². The normalized spacial score (nSPS) is 17.2. The first-order chi connectivity index (χ1) is 7.65. The van der Waals surface area contributed by atoms with E-state index in [1.165, 1.54) is 25.7 Å². The topological polar surface area (TPSA) is 24.9 Å². The Balaban J connectivity index is 1.92. The molecule has 0 bridgehead atoms. The molecule has 2 nitrogen and oxygen atoms in total. The Morgan fingerprint density at radius 2 is 2.19 bits per heavy atom. The van der Waals surface area contributed by atoms with Crippen molar-refractivity contribution in [2.45, 2.75) is 39.5 Å². The van der Waals surface area contributed by atoms with Crippen LogP contribution >= 0.6 is 15.9 Å². The molecule has 2 rings (SSSR count). The SMILES string of the molecule is CCCC1(CNc2ccc(Br)c(C)n2)CC1. The molecule has 1 fully saturated rings. The molecule has 16 heavy (non-hydrogen) atoms. The zero-order valence-electron chi connectivity index (χ0n) is 10.0. The van der Waals surface area contributed by atoms with Gasteiger partial charge in [0.25, 0.3) is 0 Å². The summed E-state index contributed by atoms with van der Waals surface area (Å²) in [5.74, 6) is 1.00. The van der Waals surface area contributed by atoms with Crippen molar-refractivity contribution in [3.8, 4) is 0 Å². The highest BCUT2D eigenvalue weighted by Crippen LogP contribution is 2.49. The maximum Gasteiger partial charge on any atom is 0.126 e. The first-order valence-corrected chi connectivity index (χ1v) is 6.81. The molecule has 0 unspecified atom stereocenters. The van der Waals surface area contributed by atoms with Gasteiger partial charge < -0.3 is 5.32 Å². The van der Waals surface area contributed by atoms with Crippen molar-refractivity contribution < 1.29 is 0 Å². The second kappa shape index (κ2) is 4.74. The first-order valence-electron chi connectivity index (χ1n) is 6.02. The van der Waals surface area contributed by atoms with E-state index >= 15 is 0 Å². The van der Waals surface area contributed by atoms with E-state index in [-0.39, 0.29) is 0 Å². The zero-order chi connectivity index (χ0) is 11.6. The van der Waals surface area contributed by atoms with Gasteiger partial charge in [-0.15, -0.1) is 0 Å². The van der Waals surface area contributed by atoms with Gasteiger partial charge in [0.1, 0.15) is 5.82 Å². The molecule has 1 aromatic heterocycles. The van der Waals surface area contributed by atoms with Gasteiger partial charge in [0, 0.05) is 11.0 Å². The van der Waals surface area contributed by atoms with Crippen molar-refractivity contribution in [3.05, 3.63) is 22.3 Å². The van der Waals surface area contributed by atoms with Crippen LogP contribution in [-0.2, 0) is 0 Å². The highest BCUT2D eigenvalue weighted by molar-refractivity contribution is 9.10. The van der Waals surface area contributed by atoms with E-state index in [2.05, 4.69) is 39.2 Å². The largest absolute Gasteiger partial charge is 0.370 e. The minimum absolute atomic E-state index is 0.581. The molecular weight excluding hydrogens is 264 g/mol. The lowest BCUT2D eigenvalue weighted by Gasteiger charge is -2.15. The minimum atomic E-state index is 0.581. The van der Waals surface area contributed by atoms with Crippen LogP contribution in [0.5, 0.6) is 0 Å². The number of aromatic nitrogens is 1. The van der Waals surface area contributed by atoms with Gasteiger partial charge in [0.05, 0.1) is 5.69 Å². The Bertz CT molecular complexity index is 372. The molecule has 1 aromatic rings. The highest BCUT2D eigenvalue weighted by atomic mass is 79.9. The van der Waals surface area contributed by atoms with Crippen molar-refractivity contribution in [2.24, 2.45) is 5.41 Å². The number of nitrogens with one attached hydrogen (secondary N) is 1. The van der Waals surface area contributed by atoms with Gasteiger partial charge in [0.2, 0.25) is 0 Å². The fourth-order valence-corrected chi connectivity index (χ4v) is 2.36. The highest BCUT2D eigenvalue weighted by Gasteiger charge is 2.41. The fourth-order valence-electron chi connectivity index (χ4n) is 2.14. The van der Waals surface area contributed by atoms with Crippen molar-refractivity contribution in [1.82, 2.24) is 4.98 Å². The number of hydrogen-bond donors (Lipinski definition) is 1. The summed E-state index contributed by atoms with van der Waals surface area (Å²) in [6.07, 6.45) is 5.39. The van der Waals surface area contributed by atoms with Crippen molar-refractivity contribution in [3.63, 3.8) is 0 Å². The van der Waals surface area contributed by atoms with Gasteiger partial charge in [-0.3, -0.25) is 0 Å². The Morgan fingerprint density at radius 3 is 2.75 bits per heavy atom. The van der Waals surface area contributed by atoms with Crippen molar-refractivity contribution in [2.75, 3.05) is 11.9 Å². The second-order valence-electron chi connectivity index (χ2n) is 4.87. The van der Waals surface area contributed by atoms with Gasteiger partial charge in [-0.25, -0.2) is 4.98 Å². The van der Waals surface area contributed by atoms with E-state index in [9.17, 15) is 0 Å². The summed E-state index contributed by atoms with van der Waals surface area (Å²) in [6.45, 7) is 5.37. The number of rotatable bonds is 5. The van der Waals surface area contributed by atoms with Crippen LogP contribution in [0.2, 0.25) is 0 Å². The average molecular weight is 283 g/mol. The van der Waals surface area contributed by atoms with Crippen LogP contribution in [0.3, 0.4) is 0 Å². The monoisotopic (exact) mass is 282 g/mol. The Labute approximate surface area is 106 Å². The Kier molecular flexibility index (Phi) is 3.53. The summed E-state index contributed by atoms with van der Waals surface area (Å²) >= 11 is 3.47. The van der Waals surface area contributed by atoms with E-state index in [0.29, 0.717) is 5.41 Å². The van der Waals surface area contributed by atoms with Crippen LogP contribution in [-0.4, -0.2) is 11.5 Å². The molecule has 1 aliphatic carbocycles. The molecule has 1 saturated carbocycles. The Morgan fingerprint density at radius 1 is 1.44 bits per heavy atom. The van der Waals surface area contributed by atoms with E-state index in [4.69, 9.17) is 0 Å². The minimum Gasteiger partial charge on any atom is -0.370 e. The molecule has 0 saturated heterocycles. The molecule has 1 aliphatic rings. The summed E-state index contributed by atoms with van der Waals surface area (Å²) in [4.78, 5) is 4.51. The summed E-state index contributed by atoms with van der Waals surface area (Å²) in [5, 5.41) is 3.47. The van der Waals surface area contributed by atoms with E-state index in [1.54, 1.807) is 0 Å². The Hall–Kier alpha value is -0.570. The van der Waals surface area contributed by atoms with Crippen LogP contribution < -0.4 is 5.32 Å². The molecule has 3 heteroatoms. The second-order valence-corrected chi connectivity index (χ2v) is 5.72. The lowest BCUT2D eigenvalue weighted by Crippen LogP contribution is -2.16. The van der Waals surface area contributed by atoms with Crippen LogP contribution in [0.1, 0.15) is 38.3 Å². The quantitative estimate of drug-likeness (QED) is 0.878. The maximum absolute atomic E-state index is 4.51. The van der Waals surface area contributed by atoms with Crippen LogP contribution in [0.15, 0.2) is 16.6 Å². The fraction of sp³-hybridized carbons (Fsp3) is 0.615. The standard InChI is InChI=1S/C13H19BrN2/c1-3-6-13(7-8-13)9-15-12-5-4-11(14)10(2)16-12/h4-5H,3,6-9H2,1-2H3,(H,15,16). The molecule has 0 aromatic carbocycles. The van der Waals surface area contributed by atoms with E-state index in [1.807, 2.05) is 13.0 Å². The number of anilines is 1. The van der Waals surface area contributed by atoms with Crippen LogP contribution in [0.4, 0.5) is 5.82 Å². The number of aryl methyl sites for hydroxylation is 1. The molecule has 0 radical (unpaired) electrons. The summed E-state index contributed by atoms with van der Waals surface area (Å²) in [5.41, 5.74) is 1.63. The smallest absolute Gasteiger partial charge is 0.126 e. The predicted molar refractivity (Wildman–Crippen MR) is 71.7 cm³/mol. The lowest BCUT2D eigenvalue weighted by atomic mass is 10.0. The molecule has 88 valence electrons. The van der Waals surface area contributed by atoms with Crippen molar-refractivity contribution in [1.29, 1.82) is 0 Å². The zero-order valence-corrected chi connectivity index (χ0v) is 11.6. The van der Waals surface area contributed by atoms with Gasteiger partial charge in [-0.1, -0.05) is 13.3 Å². The van der Waals surface area contributed by atoms with Crippen LogP contribution in [0.25, 0.3) is 0 Å². The van der Waals surface area contributed by atoms with Crippen molar-refractivity contribution >= 4 is 21.7 Å². The molecule has 0 amide bonds. The number of pyridine rings is 1. The molecular formula is C13H19BrN2. The summed E-state index contributed by atoms with van der Waals surface area (Å²) in [7, 11) is 0. The summed E-state index contributed by atoms with van der Waals surface area (Å²) < 4.78 is 1.08. The van der Waals surface area contributed by atoms with Crippen LogP contribution in [0, 0.1) is 12.3 Å². The van der Waals surface area contributed by atoms with E-state index in [0.717, 1.165) is 22.5 Å². The molecule has 0 aliphatic heterocycles. The summed E-state index contributed by atoms with van der Waals surface area (Å²) in [6, 6.07) is 4.10. The third-order valence-electron chi connectivity index (χ3n) is 3.40. The molecule has 0 atom stereocenters. The third-order valence-corrected chi connectivity index (χ3v) is 4.24. The van der Waals surface area contributed by atoms with Gasteiger partial charge >= 0.3 is 0 Å². The number of hydrogen-bond acceptors (Lipinski definition) is 2. The van der Waals surface area contributed by atoms with Gasteiger partial charge in [0.15, 0.2) is 0 Å². The molecule has 1 heterocycles. The lowest BCUT2D eigenvalue weighted by molar-refractivity contribution is 0.485. The number of nitrogens with zero attached hydrogens (tertiary/aromatic N) is 1. The number of halogens is 1. The third kappa shape index (κ3) is 2.76. The van der Waals surface area contributed by atoms with Gasteiger partial charge in [-0.05, 0) is 59.7 Å². The average Bonchev–Trinajstić information content (AvgIpc) is 3.01. The maximum atomic E-state index is 4.51. The predicted octanol–water partition coefficient (Wildman–Crippen LogP) is 4.14. The molecule has 0 spiro atoms. The van der Waals surface area contributed by atoms with E-state index < -0.39 is 0 Å².